The lowest BCUT2D eigenvalue weighted by molar-refractivity contribution is -0.119. The second kappa shape index (κ2) is 11.3. The third-order valence-electron chi connectivity index (χ3n) is 7.96. The number of ether oxygens (including phenoxy) is 1. The number of hydrogen-bond acceptors (Lipinski definition) is 4. The molecule has 2 aliphatic rings. The Labute approximate surface area is 238 Å². The number of carbonyl (C=O) groups is 3. The molecule has 9 heteroatoms. The summed E-state index contributed by atoms with van der Waals surface area (Å²) < 4.78 is 18.8. The lowest BCUT2D eigenvalue weighted by atomic mass is 9.77. The zero-order valence-electron chi connectivity index (χ0n) is 22.5. The molecular formula is C31H31ClFN3O4. The van der Waals surface area contributed by atoms with Gasteiger partial charge >= 0.3 is 6.09 Å². The van der Waals surface area contributed by atoms with Gasteiger partial charge in [-0.15, -0.1) is 0 Å². The van der Waals surface area contributed by atoms with Crippen LogP contribution in [0.15, 0.2) is 72.8 Å². The largest absolute Gasteiger partial charge is 0.415 e. The highest BCUT2D eigenvalue weighted by molar-refractivity contribution is 6.30. The number of amides is 3. The van der Waals surface area contributed by atoms with Crippen LogP contribution in [0.25, 0.3) is 0 Å². The van der Waals surface area contributed by atoms with Gasteiger partial charge in [0.1, 0.15) is 11.6 Å². The predicted octanol–water partition coefficient (Wildman–Crippen LogP) is 5.91. The molecule has 0 spiro atoms. The van der Waals surface area contributed by atoms with Gasteiger partial charge in [0.25, 0.3) is 5.91 Å². The minimum Gasteiger partial charge on any atom is -0.410 e. The van der Waals surface area contributed by atoms with Gasteiger partial charge in [0.15, 0.2) is 0 Å². The van der Waals surface area contributed by atoms with E-state index in [0.29, 0.717) is 30.1 Å². The maximum absolute atomic E-state index is 13.7. The molecule has 3 aromatic rings. The summed E-state index contributed by atoms with van der Waals surface area (Å²) >= 11 is 6.15. The summed E-state index contributed by atoms with van der Waals surface area (Å²) in [6.45, 7) is 3.33. The Morgan fingerprint density at radius 3 is 2.33 bits per heavy atom. The first-order valence-corrected chi connectivity index (χ1v) is 13.7. The van der Waals surface area contributed by atoms with E-state index < -0.39 is 23.4 Å². The van der Waals surface area contributed by atoms with Crippen molar-refractivity contribution in [1.29, 1.82) is 0 Å². The maximum Gasteiger partial charge on any atom is 0.415 e. The van der Waals surface area contributed by atoms with Crippen molar-refractivity contribution >= 4 is 35.2 Å². The molecule has 0 aromatic heterocycles. The first kappa shape index (κ1) is 27.6. The monoisotopic (exact) mass is 563 g/mol. The Balaban J connectivity index is 1.38. The summed E-state index contributed by atoms with van der Waals surface area (Å²) in [5.74, 6) is -0.268. The number of benzene rings is 3. The van der Waals surface area contributed by atoms with E-state index in [2.05, 4.69) is 0 Å². The van der Waals surface area contributed by atoms with Crippen molar-refractivity contribution in [3.8, 4) is 5.75 Å². The van der Waals surface area contributed by atoms with Crippen LogP contribution >= 0.6 is 11.6 Å². The van der Waals surface area contributed by atoms with E-state index in [4.69, 9.17) is 16.3 Å². The van der Waals surface area contributed by atoms with E-state index in [-0.39, 0.29) is 24.1 Å². The van der Waals surface area contributed by atoms with Gasteiger partial charge in [-0.25, -0.2) is 9.18 Å². The summed E-state index contributed by atoms with van der Waals surface area (Å²) in [5.41, 5.74) is 1.59. The number of halogens is 2. The Morgan fingerprint density at radius 2 is 1.68 bits per heavy atom. The molecule has 2 heterocycles. The number of carbonyl (C=O) groups excluding carboxylic acids is 3. The van der Waals surface area contributed by atoms with Crippen LogP contribution in [0.5, 0.6) is 5.75 Å². The topological polar surface area (TPSA) is 70.2 Å². The summed E-state index contributed by atoms with van der Waals surface area (Å²) in [6, 6.07) is 19.3. The molecule has 0 aliphatic carbocycles. The number of nitrogens with zero attached hydrogens (tertiary/aromatic N) is 3. The molecule has 208 valence electrons. The zero-order valence-corrected chi connectivity index (χ0v) is 23.2. The fourth-order valence-electron chi connectivity index (χ4n) is 5.64. The van der Waals surface area contributed by atoms with Crippen LogP contribution in [-0.2, 0) is 10.2 Å². The van der Waals surface area contributed by atoms with Gasteiger partial charge in [0.2, 0.25) is 5.91 Å². The first-order valence-electron chi connectivity index (χ1n) is 13.3. The van der Waals surface area contributed by atoms with Gasteiger partial charge in [-0.2, -0.15) is 0 Å². The second-order valence-corrected chi connectivity index (χ2v) is 11.0. The van der Waals surface area contributed by atoms with Crippen molar-refractivity contribution in [3.05, 3.63) is 94.8 Å². The fraction of sp³-hybridized carbons (Fsp3) is 0.323. The lowest BCUT2D eigenvalue weighted by Crippen LogP contribution is -2.50. The van der Waals surface area contributed by atoms with Crippen LogP contribution in [0.2, 0.25) is 5.02 Å². The van der Waals surface area contributed by atoms with E-state index >= 15 is 0 Å². The van der Waals surface area contributed by atoms with Crippen molar-refractivity contribution in [1.82, 2.24) is 9.80 Å². The van der Waals surface area contributed by atoms with Crippen LogP contribution < -0.4 is 9.64 Å². The Morgan fingerprint density at radius 1 is 1.00 bits per heavy atom. The molecule has 2 atom stereocenters. The Bertz CT molecular complexity index is 1400. The quantitative estimate of drug-likeness (QED) is 0.387. The van der Waals surface area contributed by atoms with Crippen molar-refractivity contribution in [3.63, 3.8) is 0 Å². The van der Waals surface area contributed by atoms with Gasteiger partial charge in [-0.1, -0.05) is 30.7 Å². The van der Waals surface area contributed by atoms with Gasteiger partial charge in [0, 0.05) is 54.8 Å². The van der Waals surface area contributed by atoms with E-state index in [0.717, 1.165) is 24.1 Å². The van der Waals surface area contributed by atoms with Crippen LogP contribution in [0.3, 0.4) is 0 Å². The highest BCUT2D eigenvalue weighted by Crippen LogP contribution is 2.38. The average Bonchev–Trinajstić information content (AvgIpc) is 3.32. The number of rotatable bonds is 5. The lowest BCUT2D eigenvalue weighted by Gasteiger charge is -2.36. The molecule has 40 heavy (non-hydrogen) atoms. The van der Waals surface area contributed by atoms with Crippen molar-refractivity contribution in [2.24, 2.45) is 0 Å². The van der Waals surface area contributed by atoms with Crippen molar-refractivity contribution in [2.45, 2.75) is 37.6 Å². The van der Waals surface area contributed by atoms with Crippen molar-refractivity contribution < 1.29 is 23.5 Å². The highest BCUT2D eigenvalue weighted by atomic mass is 35.5. The summed E-state index contributed by atoms with van der Waals surface area (Å²) in [6.07, 6.45) is 1.79. The minimum atomic E-state index is -0.628. The molecule has 2 fully saturated rings. The van der Waals surface area contributed by atoms with Gasteiger partial charge in [-0.05, 0) is 79.1 Å². The molecular weight excluding hydrogens is 533 g/mol. The second-order valence-electron chi connectivity index (χ2n) is 10.6. The van der Waals surface area contributed by atoms with Gasteiger partial charge < -0.3 is 19.4 Å². The first-order chi connectivity index (χ1) is 19.2. The normalized spacial score (nSPS) is 20.9. The molecule has 2 aliphatic heterocycles. The molecule has 0 unspecified atom stereocenters. The van der Waals surface area contributed by atoms with E-state index in [1.165, 1.54) is 29.2 Å². The van der Waals surface area contributed by atoms with Crippen LogP contribution in [0, 0.1) is 5.82 Å². The van der Waals surface area contributed by atoms with Crippen LogP contribution in [0.4, 0.5) is 14.9 Å². The Hall–Kier alpha value is -3.91. The maximum atomic E-state index is 13.7. The third kappa shape index (κ3) is 5.54. The molecule has 5 rings (SSSR count). The summed E-state index contributed by atoms with van der Waals surface area (Å²) in [4.78, 5) is 44.2. The molecule has 7 nitrogen and oxygen atoms in total. The number of anilines is 1. The summed E-state index contributed by atoms with van der Waals surface area (Å²) in [7, 11) is 1.64. The van der Waals surface area contributed by atoms with E-state index in [1.54, 1.807) is 41.1 Å². The number of likely N-dealkylation sites (tertiary alicyclic amines) is 1. The predicted molar refractivity (Wildman–Crippen MR) is 151 cm³/mol. The van der Waals surface area contributed by atoms with Crippen LogP contribution in [0.1, 0.15) is 42.1 Å². The minimum absolute atomic E-state index is 0.0991. The van der Waals surface area contributed by atoms with Crippen molar-refractivity contribution in [2.75, 3.05) is 31.6 Å². The standard InChI is InChI=1S/C31H31ClFN3O4/c1-31(22-8-10-23(32)11-9-22)20-35(19-27(31)34(2)30(39)40-26-16-12-24(33)13-17-26)29(38)21-6-14-25(15-7-21)36-18-4-3-5-28(36)37/h6-17,27H,3-5,18-20H2,1-2H3/t27-,31+/m1/s1. The van der Waals surface area contributed by atoms with Crippen LogP contribution in [-0.4, -0.2) is 60.4 Å². The van der Waals surface area contributed by atoms with E-state index in [9.17, 15) is 18.8 Å². The zero-order chi connectivity index (χ0) is 28.4. The van der Waals surface area contributed by atoms with E-state index in [1.807, 2.05) is 31.2 Å². The molecule has 0 saturated carbocycles. The SMILES string of the molecule is CN(C(=O)Oc1ccc(F)cc1)[C@@H]1CN(C(=O)c2ccc(N3CCCCC3=O)cc2)C[C@@]1(C)c1ccc(Cl)cc1. The summed E-state index contributed by atoms with van der Waals surface area (Å²) in [5, 5.41) is 0.589. The number of hydrogen-bond donors (Lipinski definition) is 0. The molecule has 0 N–H and O–H groups in total. The highest BCUT2D eigenvalue weighted by Gasteiger charge is 2.49. The molecule has 2 saturated heterocycles. The van der Waals surface area contributed by atoms with Gasteiger partial charge in [0.05, 0.1) is 6.04 Å². The number of likely N-dealkylation sites (N-methyl/N-ethyl adjacent to an activating group) is 1. The van der Waals surface area contributed by atoms with Gasteiger partial charge in [-0.3, -0.25) is 9.59 Å². The third-order valence-corrected chi connectivity index (χ3v) is 8.21. The molecule has 0 bridgehead atoms. The average molecular weight is 564 g/mol. The molecule has 3 amide bonds. The smallest absolute Gasteiger partial charge is 0.410 e. The number of piperidine rings is 1. The fourth-order valence-corrected chi connectivity index (χ4v) is 5.77. The molecule has 3 aromatic carbocycles. The Kier molecular flexibility index (Phi) is 7.81. The molecule has 0 radical (unpaired) electrons.